The Kier molecular flexibility index (Phi) is 5.27. The first-order valence-corrected chi connectivity index (χ1v) is 14.0. The molecule has 0 aromatic rings. The summed E-state index contributed by atoms with van der Waals surface area (Å²) in [5, 5.41) is 0. The van der Waals surface area contributed by atoms with Crippen molar-refractivity contribution in [3.63, 3.8) is 0 Å². The van der Waals surface area contributed by atoms with Crippen LogP contribution in [0.4, 0.5) is 0 Å². The number of rotatable bonds is 1. The van der Waals surface area contributed by atoms with Crippen molar-refractivity contribution < 1.29 is 19.1 Å². The fraction of sp³-hybridized carbons (Fsp3) is 0.839. The summed E-state index contributed by atoms with van der Waals surface area (Å²) in [5.74, 6) is 0.980. The van der Waals surface area contributed by atoms with Crippen LogP contribution in [-0.2, 0) is 19.1 Å². The SMILES string of the molecule is COC(=O)[C@@]1(C)CC[C@]2(C)CC[C@]3(C)C(=CC(=O)[C@H]4[C@@]5(C)CCC(=O)C(C)(C)[C@H]5CC[C@]43C)[C@@H]2C1. The van der Waals surface area contributed by atoms with Gasteiger partial charge in [0.25, 0.3) is 0 Å². The summed E-state index contributed by atoms with van der Waals surface area (Å²) >= 11 is 0. The van der Waals surface area contributed by atoms with Gasteiger partial charge in [-0.2, -0.15) is 0 Å². The van der Waals surface area contributed by atoms with E-state index < -0.39 is 5.41 Å². The standard InChI is InChI=1S/C31H46O4/c1-26(2)22-9-12-31(7)24(29(22,5)11-10-23(26)33)21(32)17-19-20-18-28(4,25(34)35-8)14-13-27(20,3)15-16-30(19,31)6/h17,20,22,24H,9-16,18H2,1-8H3/t20-,22+,24-,27+,28-,29-,30+,31+/m0/s1. The largest absolute Gasteiger partial charge is 0.469 e. The van der Waals surface area contributed by atoms with Gasteiger partial charge in [0.2, 0.25) is 0 Å². The highest BCUT2D eigenvalue weighted by Crippen LogP contribution is 2.74. The van der Waals surface area contributed by atoms with Crippen molar-refractivity contribution in [2.24, 2.45) is 50.2 Å². The molecule has 5 aliphatic rings. The number of Topliss-reactive ketones (excluding diaryl/α,β-unsaturated/α-hetero) is 1. The summed E-state index contributed by atoms with van der Waals surface area (Å²) in [7, 11) is 1.50. The Morgan fingerprint density at radius 2 is 1.57 bits per heavy atom. The Labute approximate surface area is 212 Å². The zero-order valence-electron chi connectivity index (χ0n) is 23.3. The molecule has 0 aromatic carbocycles. The molecule has 0 unspecified atom stereocenters. The Hall–Kier alpha value is -1.45. The van der Waals surface area contributed by atoms with Gasteiger partial charge < -0.3 is 4.74 Å². The summed E-state index contributed by atoms with van der Waals surface area (Å²) in [4.78, 5) is 40.0. The number of ether oxygens (including phenoxy) is 1. The molecule has 0 heterocycles. The van der Waals surface area contributed by atoms with E-state index in [-0.39, 0.29) is 56.6 Å². The van der Waals surface area contributed by atoms with Crippen molar-refractivity contribution in [3.8, 4) is 0 Å². The molecule has 194 valence electrons. The van der Waals surface area contributed by atoms with E-state index in [4.69, 9.17) is 4.74 Å². The highest BCUT2D eigenvalue weighted by molar-refractivity contribution is 5.96. The number of carbonyl (C=O) groups excluding carboxylic acids is 3. The Bertz CT molecular complexity index is 1020. The van der Waals surface area contributed by atoms with E-state index >= 15 is 0 Å². The van der Waals surface area contributed by atoms with E-state index in [1.54, 1.807) is 0 Å². The lowest BCUT2D eigenvalue weighted by Gasteiger charge is -2.69. The molecule has 35 heavy (non-hydrogen) atoms. The number of hydrogen-bond acceptors (Lipinski definition) is 4. The fourth-order valence-corrected chi connectivity index (χ4v) is 10.4. The molecule has 4 nitrogen and oxygen atoms in total. The molecule has 0 spiro atoms. The van der Waals surface area contributed by atoms with Crippen molar-refractivity contribution in [3.05, 3.63) is 11.6 Å². The van der Waals surface area contributed by atoms with Gasteiger partial charge >= 0.3 is 5.97 Å². The molecular weight excluding hydrogens is 436 g/mol. The number of fused-ring (bicyclic) bond motifs is 7. The van der Waals surface area contributed by atoms with Gasteiger partial charge in [0, 0.05) is 17.8 Å². The molecule has 4 heteroatoms. The molecule has 0 N–H and O–H groups in total. The van der Waals surface area contributed by atoms with Gasteiger partial charge in [0.15, 0.2) is 5.78 Å². The van der Waals surface area contributed by atoms with Crippen molar-refractivity contribution in [2.45, 2.75) is 106 Å². The van der Waals surface area contributed by atoms with E-state index in [0.29, 0.717) is 12.2 Å². The quantitative estimate of drug-likeness (QED) is 0.390. The first kappa shape index (κ1) is 25.2. The molecule has 0 radical (unpaired) electrons. The van der Waals surface area contributed by atoms with Crippen LogP contribution in [0.15, 0.2) is 11.6 Å². The lowest BCUT2D eigenvalue weighted by molar-refractivity contribution is -0.188. The number of allylic oxidation sites excluding steroid dienone is 2. The van der Waals surface area contributed by atoms with E-state index in [2.05, 4.69) is 54.5 Å². The number of hydrogen-bond donors (Lipinski definition) is 0. The first-order chi connectivity index (χ1) is 16.1. The lowest BCUT2D eigenvalue weighted by atomic mass is 9.33. The number of carbonyl (C=O) groups is 3. The van der Waals surface area contributed by atoms with Gasteiger partial charge in [0.1, 0.15) is 5.78 Å². The minimum absolute atomic E-state index is 0.0465. The zero-order valence-corrected chi connectivity index (χ0v) is 23.3. The van der Waals surface area contributed by atoms with Crippen LogP contribution in [0, 0.1) is 50.2 Å². The highest BCUT2D eigenvalue weighted by Gasteiger charge is 2.70. The van der Waals surface area contributed by atoms with Crippen LogP contribution >= 0.6 is 0 Å². The maximum atomic E-state index is 14.3. The van der Waals surface area contributed by atoms with Gasteiger partial charge in [-0.3, -0.25) is 14.4 Å². The van der Waals surface area contributed by atoms with Crippen molar-refractivity contribution in [2.75, 3.05) is 7.11 Å². The number of methoxy groups -OCH3 is 1. The van der Waals surface area contributed by atoms with E-state index in [1.807, 2.05) is 0 Å². The van der Waals surface area contributed by atoms with Crippen molar-refractivity contribution in [1.82, 2.24) is 0 Å². The summed E-state index contributed by atoms with van der Waals surface area (Å²) in [5.41, 5.74) is 0.244. The van der Waals surface area contributed by atoms with Crippen LogP contribution in [0.3, 0.4) is 0 Å². The molecular formula is C31H46O4. The predicted octanol–water partition coefficient (Wildman–Crippen LogP) is 6.71. The van der Waals surface area contributed by atoms with Gasteiger partial charge in [-0.15, -0.1) is 0 Å². The predicted molar refractivity (Wildman–Crippen MR) is 136 cm³/mol. The molecule has 4 fully saturated rings. The van der Waals surface area contributed by atoms with Crippen LogP contribution in [0.1, 0.15) is 106 Å². The van der Waals surface area contributed by atoms with E-state index in [9.17, 15) is 14.4 Å². The summed E-state index contributed by atoms with van der Waals surface area (Å²) in [6.07, 6.45) is 10.3. The van der Waals surface area contributed by atoms with Gasteiger partial charge in [-0.1, -0.05) is 47.1 Å². The molecule has 5 rings (SSSR count). The first-order valence-electron chi connectivity index (χ1n) is 14.0. The Balaban J connectivity index is 1.62. The second-order valence-corrected chi connectivity index (χ2v) is 14.9. The Morgan fingerprint density at radius 1 is 0.914 bits per heavy atom. The molecule has 0 aliphatic heterocycles. The fourth-order valence-electron chi connectivity index (χ4n) is 10.4. The van der Waals surface area contributed by atoms with Crippen LogP contribution < -0.4 is 0 Å². The monoisotopic (exact) mass is 482 g/mol. The zero-order chi connectivity index (χ0) is 25.8. The third-order valence-electron chi connectivity index (χ3n) is 13.0. The smallest absolute Gasteiger partial charge is 0.311 e. The van der Waals surface area contributed by atoms with Crippen LogP contribution in [0.25, 0.3) is 0 Å². The van der Waals surface area contributed by atoms with Gasteiger partial charge in [-0.25, -0.2) is 0 Å². The average molecular weight is 483 g/mol. The van der Waals surface area contributed by atoms with Gasteiger partial charge in [0.05, 0.1) is 12.5 Å². The van der Waals surface area contributed by atoms with Crippen LogP contribution in [0.5, 0.6) is 0 Å². The molecule has 5 aliphatic carbocycles. The maximum Gasteiger partial charge on any atom is 0.311 e. The van der Waals surface area contributed by atoms with Crippen molar-refractivity contribution >= 4 is 17.5 Å². The molecule has 8 atom stereocenters. The normalized spacial score (nSPS) is 50.7. The lowest BCUT2D eigenvalue weighted by Crippen LogP contribution is -2.66. The topological polar surface area (TPSA) is 60.4 Å². The molecule has 0 amide bonds. The van der Waals surface area contributed by atoms with Crippen LogP contribution in [-0.4, -0.2) is 24.6 Å². The maximum absolute atomic E-state index is 14.3. The third-order valence-corrected chi connectivity index (χ3v) is 13.0. The molecule has 4 saturated carbocycles. The summed E-state index contributed by atoms with van der Waals surface area (Å²) in [6.45, 7) is 15.9. The second-order valence-electron chi connectivity index (χ2n) is 14.9. The van der Waals surface area contributed by atoms with E-state index in [0.717, 1.165) is 51.4 Å². The van der Waals surface area contributed by atoms with Gasteiger partial charge in [-0.05, 0) is 97.9 Å². The summed E-state index contributed by atoms with van der Waals surface area (Å²) < 4.78 is 5.24. The molecule has 0 aromatic heterocycles. The second kappa shape index (κ2) is 7.32. The number of ketones is 2. The number of esters is 1. The van der Waals surface area contributed by atoms with Crippen LogP contribution in [0.2, 0.25) is 0 Å². The molecule has 0 bridgehead atoms. The van der Waals surface area contributed by atoms with E-state index in [1.165, 1.54) is 12.7 Å². The average Bonchev–Trinajstić information content (AvgIpc) is 2.78. The minimum Gasteiger partial charge on any atom is -0.469 e. The minimum atomic E-state index is -0.490. The summed E-state index contributed by atoms with van der Waals surface area (Å²) in [6, 6.07) is 0. The third kappa shape index (κ3) is 3.00. The molecule has 0 saturated heterocycles. The Morgan fingerprint density at radius 3 is 2.23 bits per heavy atom. The highest BCUT2D eigenvalue weighted by atomic mass is 16.5. The van der Waals surface area contributed by atoms with Crippen molar-refractivity contribution in [1.29, 1.82) is 0 Å².